The molecule has 0 amide bonds. The summed E-state index contributed by atoms with van der Waals surface area (Å²) in [5, 5.41) is 21.5. The van der Waals surface area contributed by atoms with E-state index in [0.717, 1.165) is 33.4 Å². The van der Waals surface area contributed by atoms with Gasteiger partial charge in [-0.1, -0.05) is 104 Å². The first kappa shape index (κ1) is 19.3. The lowest BCUT2D eigenvalue weighted by molar-refractivity contribution is 0.403. The van der Waals surface area contributed by atoms with Crippen LogP contribution in [0.2, 0.25) is 0 Å². The fraction of sp³-hybridized carbons (Fsp3) is 0. The van der Waals surface area contributed by atoms with Crippen LogP contribution in [0.5, 0.6) is 11.5 Å². The van der Waals surface area contributed by atoms with Crippen LogP contribution in [0.25, 0.3) is 22.3 Å². The van der Waals surface area contributed by atoms with Crippen LogP contribution in [-0.4, -0.2) is 10.2 Å². The van der Waals surface area contributed by atoms with Crippen LogP contribution in [-0.2, 0) is 0 Å². The Hall–Kier alpha value is -4.04. The first-order valence-corrected chi connectivity index (χ1v) is 9.71. The van der Waals surface area contributed by atoms with Gasteiger partial charge in [0.15, 0.2) is 11.5 Å². The molecule has 30 heavy (non-hydrogen) atoms. The van der Waals surface area contributed by atoms with Gasteiger partial charge in [0.05, 0.1) is 0 Å². The highest BCUT2D eigenvalue weighted by molar-refractivity contribution is 5.99. The van der Waals surface area contributed by atoms with E-state index in [1.54, 1.807) is 6.07 Å². The highest BCUT2D eigenvalue weighted by atomic mass is 16.3. The van der Waals surface area contributed by atoms with Crippen molar-refractivity contribution in [1.29, 1.82) is 0 Å². The summed E-state index contributed by atoms with van der Waals surface area (Å²) in [6.45, 7) is 8.61. The lowest BCUT2D eigenvalue weighted by atomic mass is 9.83. The summed E-state index contributed by atoms with van der Waals surface area (Å²) in [5.41, 5.74) is 6.09. The van der Waals surface area contributed by atoms with Crippen LogP contribution >= 0.6 is 0 Å². The molecule has 2 N–H and O–H groups in total. The molecular formula is C28H22O2. The fourth-order valence-electron chi connectivity index (χ4n) is 3.68. The highest BCUT2D eigenvalue weighted by Crippen LogP contribution is 2.47. The van der Waals surface area contributed by atoms with Gasteiger partial charge in [-0.2, -0.15) is 0 Å². The highest BCUT2D eigenvalue weighted by Gasteiger charge is 2.23. The van der Waals surface area contributed by atoms with Crippen LogP contribution < -0.4 is 0 Å². The molecule has 0 heterocycles. The second-order valence-corrected chi connectivity index (χ2v) is 7.10. The maximum Gasteiger partial charge on any atom is 0.166 e. The van der Waals surface area contributed by atoms with E-state index in [-0.39, 0.29) is 11.5 Å². The maximum absolute atomic E-state index is 10.9. The minimum Gasteiger partial charge on any atom is -0.504 e. The van der Waals surface area contributed by atoms with Gasteiger partial charge in [-0.05, 0) is 39.5 Å². The minimum atomic E-state index is -0.199. The standard InChI is InChI=1S/C28H22O2/c1-19(21-12-6-3-7-13-21)26-24(23-16-10-5-11-17-23)18-25(29)28(30)27(26)20(2)22-14-8-4-9-15-22/h3-18,29-30H,1-2H2. The van der Waals surface area contributed by atoms with Gasteiger partial charge in [0.25, 0.3) is 0 Å². The normalized spacial score (nSPS) is 10.5. The van der Waals surface area contributed by atoms with Crippen LogP contribution in [0.4, 0.5) is 0 Å². The Morgan fingerprint density at radius 2 is 1.00 bits per heavy atom. The quantitative estimate of drug-likeness (QED) is 0.364. The maximum atomic E-state index is 10.9. The fourth-order valence-corrected chi connectivity index (χ4v) is 3.68. The molecule has 4 aromatic carbocycles. The number of phenols is 2. The smallest absolute Gasteiger partial charge is 0.166 e. The van der Waals surface area contributed by atoms with Crippen molar-refractivity contribution < 1.29 is 10.2 Å². The third-order valence-electron chi connectivity index (χ3n) is 5.21. The van der Waals surface area contributed by atoms with Gasteiger partial charge in [0.2, 0.25) is 0 Å². The zero-order valence-corrected chi connectivity index (χ0v) is 16.5. The molecule has 0 bridgehead atoms. The van der Waals surface area contributed by atoms with Gasteiger partial charge >= 0.3 is 0 Å². The van der Waals surface area contributed by atoms with Crippen molar-refractivity contribution >= 4 is 11.1 Å². The Morgan fingerprint density at radius 1 is 0.567 bits per heavy atom. The van der Waals surface area contributed by atoms with Gasteiger partial charge in [-0.15, -0.1) is 0 Å². The molecular weight excluding hydrogens is 368 g/mol. The molecule has 0 unspecified atom stereocenters. The number of aromatic hydroxyl groups is 2. The molecule has 0 radical (unpaired) electrons. The largest absolute Gasteiger partial charge is 0.504 e. The molecule has 0 aromatic heterocycles. The summed E-state index contributed by atoms with van der Waals surface area (Å²) in [6.07, 6.45) is 0. The van der Waals surface area contributed by atoms with Crippen LogP contribution in [0.3, 0.4) is 0 Å². The van der Waals surface area contributed by atoms with Crippen LogP contribution in [0.15, 0.2) is 110 Å². The zero-order chi connectivity index (χ0) is 21.1. The average Bonchev–Trinajstić information content (AvgIpc) is 2.81. The van der Waals surface area contributed by atoms with Gasteiger partial charge in [0, 0.05) is 11.1 Å². The molecule has 0 saturated heterocycles. The van der Waals surface area contributed by atoms with E-state index in [2.05, 4.69) is 13.2 Å². The molecule has 2 heteroatoms. The SMILES string of the molecule is C=C(c1ccccc1)c1c(-c2ccccc2)cc(O)c(O)c1C(=C)c1ccccc1. The van der Waals surface area contributed by atoms with Gasteiger partial charge < -0.3 is 10.2 Å². The second-order valence-electron chi connectivity index (χ2n) is 7.10. The average molecular weight is 390 g/mol. The number of rotatable bonds is 5. The lowest BCUT2D eigenvalue weighted by Gasteiger charge is -2.21. The van der Waals surface area contributed by atoms with E-state index >= 15 is 0 Å². The Bertz CT molecular complexity index is 1210. The monoisotopic (exact) mass is 390 g/mol. The van der Waals surface area contributed by atoms with Crippen molar-refractivity contribution in [1.82, 2.24) is 0 Å². The summed E-state index contributed by atoms with van der Waals surface area (Å²) in [7, 11) is 0. The molecule has 4 rings (SSSR count). The third kappa shape index (κ3) is 3.51. The summed E-state index contributed by atoms with van der Waals surface area (Å²) < 4.78 is 0. The Morgan fingerprint density at radius 3 is 1.50 bits per heavy atom. The predicted octanol–water partition coefficient (Wildman–Crippen LogP) is 6.89. The number of hydrogen-bond donors (Lipinski definition) is 2. The van der Waals surface area contributed by atoms with E-state index in [0.29, 0.717) is 11.1 Å². The lowest BCUT2D eigenvalue weighted by Crippen LogP contribution is -2.00. The first-order chi connectivity index (χ1) is 14.6. The van der Waals surface area contributed by atoms with Gasteiger partial charge in [0.1, 0.15) is 0 Å². The minimum absolute atomic E-state index is 0.189. The van der Waals surface area contributed by atoms with Crippen molar-refractivity contribution in [2.75, 3.05) is 0 Å². The summed E-state index contributed by atoms with van der Waals surface area (Å²) in [6, 6.07) is 30.8. The molecule has 0 atom stereocenters. The topological polar surface area (TPSA) is 40.5 Å². The van der Waals surface area contributed by atoms with Crippen LogP contribution in [0.1, 0.15) is 22.3 Å². The third-order valence-corrected chi connectivity index (χ3v) is 5.21. The van der Waals surface area contributed by atoms with E-state index in [1.807, 2.05) is 91.0 Å². The molecule has 4 aromatic rings. The number of benzene rings is 4. The molecule has 2 nitrogen and oxygen atoms in total. The van der Waals surface area contributed by atoms with Crippen LogP contribution in [0, 0.1) is 0 Å². The summed E-state index contributed by atoms with van der Waals surface area (Å²) >= 11 is 0. The number of hydrogen-bond acceptors (Lipinski definition) is 2. The number of phenolic OH excluding ortho intramolecular Hbond substituents is 2. The molecule has 0 spiro atoms. The Kier molecular flexibility index (Phi) is 5.23. The van der Waals surface area contributed by atoms with Crippen molar-refractivity contribution in [3.8, 4) is 22.6 Å². The van der Waals surface area contributed by atoms with Crippen molar-refractivity contribution in [3.63, 3.8) is 0 Å². The van der Waals surface area contributed by atoms with Crippen molar-refractivity contribution in [2.24, 2.45) is 0 Å². The molecule has 0 aliphatic heterocycles. The Labute approximate surface area is 176 Å². The molecule has 0 aliphatic carbocycles. The van der Waals surface area contributed by atoms with Gasteiger partial charge in [-0.25, -0.2) is 0 Å². The van der Waals surface area contributed by atoms with Crippen molar-refractivity contribution in [2.45, 2.75) is 0 Å². The zero-order valence-electron chi connectivity index (χ0n) is 16.5. The molecule has 0 saturated carbocycles. The first-order valence-electron chi connectivity index (χ1n) is 9.71. The predicted molar refractivity (Wildman–Crippen MR) is 124 cm³/mol. The Balaban J connectivity index is 2.04. The van der Waals surface area contributed by atoms with E-state index in [4.69, 9.17) is 0 Å². The molecule has 0 aliphatic rings. The van der Waals surface area contributed by atoms with Crippen molar-refractivity contribution in [3.05, 3.63) is 132 Å². The van der Waals surface area contributed by atoms with E-state index in [1.165, 1.54) is 0 Å². The molecule has 146 valence electrons. The molecule has 0 fully saturated rings. The van der Waals surface area contributed by atoms with Gasteiger partial charge in [-0.3, -0.25) is 0 Å². The second kappa shape index (κ2) is 8.14. The van der Waals surface area contributed by atoms with E-state index < -0.39 is 0 Å². The summed E-state index contributed by atoms with van der Waals surface area (Å²) in [5.74, 6) is -0.388. The van der Waals surface area contributed by atoms with E-state index in [9.17, 15) is 10.2 Å². The summed E-state index contributed by atoms with van der Waals surface area (Å²) in [4.78, 5) is 0.